The van der Waals surface area contributed by atoms with E-state index < -0.39 is 6.10 Å². The zero-order chi connectivity index (χ0) is 17.0. The smallest absolute Gasteiger partial charge is 0.251 e. The van der Waals surface area contributed by atoms with Gasteiger partial charge in [-0.2, -0.15) is 0 Å². The number of nitrogen functional groups attached to an aromatic ring is 1. The minimum Gasteiger partial charge on any atom is -0.399 e. The lowest BCUT2D eigenvalue weighted by Gasteiger charge is -2.20. The van der Waals surface area contributed by atoms with Crippen molar-refractivity contribution in [3.8, 4) is 0 Å². The van der Waals surface area contributed by atoms with Crippen molar-refractivity contribution in [2.24, 2.45) is 0 Å². The van der Waals surface area contributed by atoms with E-state index in [1.807, 2.05) is 24.3 Å². The fraction of sp³-hybridized carbons (Fsp3) is 0.316. The van der Waals surface area contributed by atoms with Crippen LogP contribution in [0.2, 0.25) is 0 Å². The Hall–Kier alpha value is -2.04. The summed E-state index contributed by atoms with van der Waals surface area (Å²) >= 11 is 0. The Morgan fingerprint density at radius 3 is 2.33 bits per heavy atom. The van der Waals surface area contributed by atoms with E-state index in [0.717, 1.165) is 5.56 Å². The molecule has 1 unspecified atom stereocenters. The van der Waals surface area contributed by atoms with Crippen molar-refractivity contribution in [3.63, 3.8) is 0 Å². The number of carbonyl (C=O) groups is 1. The molecule has 2 aromatic rings. The van der Waals surface area contributed by atoms with Crippen molar-refractivity contribution < 1.29 is 9.90 Å². The molecule has 2 rings (SSSR count). The third-order valence-corrected chi connectivity index (χ3v) is 3.77. The molecule has 4 nitrogen and oxygen atoms in total. The number of halogens is 1. The van der Waals surface area contributed by atoms with Crippen LogP contribution in [0.15, 0.2) is 48.5 Å². The van der Waals surface area contributed by atoms with E-state index in [0.29, 0.717) is 11.3 Å². The minimum atomic E-state index is -0.742. The average molecular weight is 349 g/mol. The summed E-state index contributed by atoms with van der Waals surface area (Å²) in [6, 6.07) is 14.6. The Labute approximate surface area is 149 Å². The van der Waals surface area contributed by atoms with Gasteiger partial charge in [-0.05, 0) is 34.7 Å². The van der Waals surface area contributed by atoms with E-state index in [9.17, 15) is 9.90 Å². The van der Waals surface area contributed by atoms with Crippen LogP contribution in [0.1, 0.15) is 48.4 Å². The summed E-state index contributed by atoms with van der Waals surface area (Å²) in [5, 5.41) is 12.9. The number of aliphatic hydroxyl groups excluding tert-OH is 1. The molecule has 24 heavy (non-hydrogen) atoms. The molecule has 0 saturated carbocycles. The quantitative estimate of drug-likeness (QED) is 0.741. The second-order valence-corrected chi connectivity index (χ2v) is 6.72. The fourth-order valence-electron chi connectivity index (χ4n) is 2.29. The number of hydrogen-bond donors (Lipinski definition) is 3. The van der Waals surface area contributed by atoms with Gasteiger partial charge in [0.25, 0.3) is 5.91 Å². The van der Waals surface area contributed by atoms with Gasteiger partial charge in [0, 0.05) is 17.8 Å². The van der Waals surface area contributed by atoms with Crippen molar-refractivity contribution >= 4 is 24.0 Å². The molecule has 0 fully saturated rings. The maximum atomic E-state index is 12.0. The van der Waals surface area contributed by atoms with Gasteiger partial charge in [0.1, 0.15) is 0 Å². The van der Waals surface area contributed by atoms with Crippen molar-refractivity contribution in [3.05, 3.63) is 65.2 Å². The molecule has 5 heteroatoms. The van der Waals surface area contributed by atoms with Crippen LogP contribution < -0.4 is 11.1 Å². The lowest BCUT2D eigenvalue weighted by molar-refractivity contribution is 0.0916. The second-order valence-electron chi connectivity index (χ2n) is 6.72. The third-order valence-electron chi connectivity index (χ3n) is 3.77. The topological polar surface area (TPSA) is 75.3 Å². The summed E-state index contributed by atoms with van der Waals surface area (Å²) in [7, 11) is 0. The summed E-state index contributed by atoms with van der Waals surface area (Å²) in [6.07, 6.45) is -0.742. The van der Waals surface area contributed by atoms with Crippen LogP contribution in [0.25, 0.3) is 0 Å². The van der Waals surface area contributed by atoms with Crippen LogP contribution in [0, 0.1) is 0 Å². The molecule has 2 aromatic carbocycles. The zero-order valence-corrected chi connectivity index (χ0v) is 15.1. The molecule has 4 N–H and O–H groups in total. The molecule has 0 saturated heterocycles. The normalized spacial score (nSPS) is 12.2. The molecular weight excluding hydrogens is 324 g/mol. The molecule has 0 aliphatic heterocycles. The first-order chi connectivity index (χ1) is 10.8. The summed E-state index contributed by atoms with van der Waals surface area (Å²) < 4.78 is 0. The highest BCUT2D eigenvalue weighted by Crippen LogP contribution is 2.23. The van der Waals surface area contributed by atoms with Crippen molar-refractivity contribution in [1.29, 1.82) is 0 Å². The van der Waals surface area contributed by atoms with Crippen LogP contribution >= 0.6 is 12.4 Å². The molecule has 1 atom stereocenters. The monoisotopic (exact) mass is 348 g/mol. The van der Waals surface area contributed by atoms with Gasteiger partial charge in [0.15, 0.2) is 0 Å². The molecule has 0 spiro atoms. The predicted molar refractivity (Wildman–Crippen MR) is 101 cm³/mol. The third kappa shape index (κ3) is 5.25. The number of carbonyl (C=O) groups excluding carboxylic acids is 1. The Kier molecular flexibility index (Phi) is 6.81. The zero-order valence-electron chi connectivity index (χ0n) is 14.2. The summed E-state index contributed by atoms with van der Waals surface area (Å²) in [5.41, 5.74) is 8.75. The highest BCUT2D eigenvalue weighted by molar-refractivity contribution is 5.95. The Morgan fingerprint density at radius 2 is 1.79 bits per heavy atom. The van der Waals surface area contributed by atoms with Gasteiger partial charge in [0.2, 0.25) is 0 Å². The van der Waals surface area contributed by atoms with Gasteiger partial charge in [-0.3, -0.25) is 4.79 Å². The molecular formula is C19H25ClN2O2. The molecule has 0 aromatic heterocycles. The highest BCUT2D eigenvalue weighted by Gasteiger charge is 2.15. The first-order valence-corrected chi connectivity index (χ1v) is 7.69. The van der Waals surface area contributed by atoms with Crippen molar-refractivity contribution in [2.75, 3.05) is 12.3 Å². The second kappa shape index (κ2) is 8.18. The maximum absolute atomic E-state index is 12.0. The van der Waals surface area contributed by atoms with Gasteiger partial charge in [-0.15, -0.1) is 12.4 Å². The fourth-order valence-corrected chi connectivity index (χ4v) is 2.29. The molecule has 0 bridgehead atoms. The van der Waals surface area contributed by atoms with Crippen molar-refractivity contribution in [1.82, 2.24) is 5.32 Å². The number of rotatable bonds is 4. The van der Waals surface area contributed by atoms with E-state index in [1.165, 1.54) is 5.56 Å². The average Bonchev–Trinajstić information content (AvgIpc) is 2.51. The molecule has 0 radical (unpaired) electrons. The van der Waals surface area contributed by atoms with Gasteiger partial charge in [-0.1, -0.05) is 51.1 Å². The number of nitrogens with one attached hydrogen (secondary N) is 1. The first kappa shape index (κ1) is 20.0. The lowest BCUT2D eigenvalue weighted by Crippen LogP contribution is -2.28. The standard InChI is InChI=1S/C19H24N2O2.ClH/c1-19(2,3)15-9-7-13(8-10-15)17(22)12-21-18(23)14-5-4-6-16(20)11-14;/h4-11,17,22H,12,20H2,1-3H3,(H,21,23);1H. The predicted octanol–water partition coefficient (Wildman–Crippen LogP) is 3.45. The highest BCUT2D eigenvalue weighted by atomic mass is 35.5. The summed E-state index contributed by atoms with van der Waals surface area (Å²) in [6.45, 7) is 6.58. The van der Waals surface area contributed by atoms with Gasteiger partial charge in [0.05, 0.1) is 6.10 Å². The first-order valence-electron chi connectivity index (χ1n) is 7.69. The SMILES string of the molecule is CC(C)(C)c1ccc(C(O)CNC(=O)c2cccc(N)c2)cc1.Cl. The van der Waals surface area contributed by atoms with Gasteiger partial charge in [-0.25, -0.2) is 0 Å². The number of aliphatic hydroxyl groups is 1. The van der Waals surface area contributed by atoms with Crippen LogP contribution in [-0.4, -0.2) is 17.6 Å². The van der Waals surface area contributed by atoms with Crippen LogP contribution in [0.3, 0.4) is 0 Å². The number of nitrogens with two attached hydrogens (primary N) is 1. The Balaban J connectivity index is 0.00000288. The van der Waals surface area contributed by atoms with E-state index in [2.05, 4.69) is 26.1 Å². The molecule has 0 heterocycles. The molecule has 1 amide bonds. The number of benzene rings is 2. The van der Waals surface area contributed by atoms with Gasteiger partial charge >= 0.3 is 0 Å². The Bertz CT molecular complexity index is 679. The van der Waals surface area contributed by atoms with Crippen LogP contribution in [-0.2, 0) is 5.41 Å². The van der Waals surface area contributed by atoms with E-state index >= 15 is 0 Å². The van der Waals surface area contributed by atoms with E-state index in [4.69, 9.17) is 5.73 Å². The molecule has 0 aliphatic carbocycles. The van der Waals surface area contributed by atoms with E-state index in [-0.39, 0.29) is 30.3 Å². The maximum Gasteiger partial charge on any atom is 0.251 e. The van der Waals surface area contributed by atoms with Crippen molar-refractivity contribution in [2.45, 2.75) is 32.3 Å². The summed E-state index contributed by atoms with van der Waals surface area (Å²) in [5.74, 6) is -0.248. The Morgan fingerprint density at radius 1 is 1.17 bits per heavy atom. The van der Waals surface area contributed by atoms with E-state index in [1.54, 1.807) is 24.3 Å². The number of anilines is 1. The molecule has 130 valence electrons. The summed E-state index contributed by atoms with van der Waals surface area (Å²) in [4.78, 5) is 12.0. The van der Waals surface area contributed by atoms with Gasteiger partial charge < -0.3 is 16.2 Å². The number of hydrogen-bond acceptors (Lipinski definition) is 3. The lowest BCUT2D eigenvalue weighted by atomic mass is 9.86. The van der Waals surface area contributed by atoms with Crippen LogP contribution in [0.4, 0.5) is 5.69 Å². The number of amides is 1. The molecule has 0 aliphatic rings. The van der Waals surface area contributed by atoms with Crippen LogP contribution in [0.5, 0.6) is 0 Å². The minimum absolute atomic E-state index is 0. The largest absolute Gasteiger partial charge is 0.399 e.